The second kappa shape index (κ2) is 9.96. The topological polar surface area (TPSA) is 58.6 Å². The molecule has 0 bridgehead atoms. The lowest BCUT2D eigenvalue weighted by atomic mass is 10.00. The van der Waals surface area contributed by atoms with Crippen molar-refractivity contribution in [3.05, 3.63) is 58.6 Å². The van der Waals surface area contributed by atoms with Gasteiger partial charge in [-0.1, -0.05) is 29.8 Å². The van der Waals surface area contributed by atoms with Crippen LogP contribution in [-0.2, 0) is 15.3 Å². The summed E-state index contributed by atoms with van der Waals surface area (Å²) >= 11 is 5.70. The van der Waals surface area contributed by atoms with Gasteiger partial charge < -0.3 is 9.84 Å². The number of halogens is 4. The molecule has 1 saturated heterocycles. The second-order valence-corrected chi connectivity index (χ2v) is 10.5. The van der Waals surface area contributed by atoms with E-state index in [1.807, 2.05) is 4.67 Å². The summed E-state index contributed by atoms with van der Waals surface area (Å²) in [6, 6.07) is 10.0. The van der Waals surface area contributed by atoms with Crippen molar-refractivity contribution < 1.29 is 27.1 Å². The van der Waals surface area contributed by atoms with E-state index in [1.165, 1.54) is 12.1 Å². The number of nitrogens with one attached hydrogen (secondary N) is 1. The molecule has 1 atom stereocenters. The van der Waals surface area contributed by atoms with E-state index >= 15 is 0 Å². The number of nitrogens with zero attached hydrogens (tertiary/aromatic N) is 1. The smallest absolute Gasteiger partial charge is 0.349 e. The Morgan fingerprint density at radius 2 is 1.84 bits per heavy atom. The fourth-order valence-corrected chi connectivity index (χ4v) is 5.55. The maximum Gasteiger partial charge on any atom is 0.417 e. The lowest BCUT2D eigenvalue weighted by Gasteiger charge is -2.35. The van der Waals surface area contributed by atoms with Gasteiger partial charge in [-0.15, -0.1) is 0 Å². The van der Waals surface area contributed by atoms with E-state index in [0.29, 0.717) is 49.2 Å². The molecule has 1 fully saturated rings. The van der Waals surface area contributed by atoms with Crippen LogP contribution in [0, 0.1) is 0 Å². The average Bonchev–Trinajstić information content (AvgIpc) is 2.73. The van der Waals surface area contributed by atoms with Crippen molar-refractivity contribution in [2.45, 2.75) is 32.0 Å². The van der Waals surface area contributed by atoms with Gasteiger partial charge in [-0.05, 0) is 55.2 Å². The summed E-state index contributed by atoms with van der Waals surface area (Å²) in [6.45, 7) is 4.86. The summed E-state index contributed by atoms with van der Waals surface area (Å²) in [5, 5.41) is 2.59. The van der Waals surface area contributed by atoms with Gasteiger partial charge in [0.1, 0.15) is 0 Å². The summed E-state index contributed by atoms with van der Waals surface area (Å²) in [6.07, 6.45) is -3.31. The number of amides is 1. The molecule has 1 aliphatic heterocycles. The van der Waals surface area contributed by atoms with Gasteiger partial charge in [0, 0.05) is 31.4 Å². The van der Waals surface area contributed by atoms with Crippen LogP contribution < -0.4 is 5.32 Å². The van der Waals surface area contributed by atoms with Crippen molar-refractivity contribution in [3.63, 3.8) is 0 Å². The van der Waals surface area contributed by atoms with Gasteiger partial charge in [0.05, 0.1) is 17.2 Å². The van der Waals surface area contributed by atoms with E-state index in [4.69, 9.17) is 16.1 Å². The Labute approximate surface area is 190 Å². The highest BCUT2D eigenvalue weighted by atomic mass is 35.5. The van der Waals surface area contributed by atoms with Crippen LogP contribution in [0.5, 0.6) is 0 Å². The van der Waals surface area contributed by atoms with Crippen molar-refractivity contribution in [1.82, 2.24) is 9.99 Å². The van der Waals surface area contributed by atoms with E-state index in [9.17, 15) is 22.5 Å². The monoisotopic (exact) mass is 488 g/mol. The molecule has 0 saturated carbocycles. The first-order chi connectivity index (χ1) is 15.0. The highest BCUT2D eigenvalue weighted by Gasteiger charge is 2.33. The van der Waals surface area contributed by atoms with Crippen LogP contribution in [0.25, 0.3) is 11.1 Å². The summed E-state index contributed by atoms with van der Waals surface area (Å²) in [7, 11) is -2.82. The van der Waals surface area contributed by atoms with Gasteiger partial charge in [-0.3, -0.25) is 9.36 Å². The third-order valence-corrected chi connectivity index (χ3v) is 7.91. The van der Waals surface area contributed by atoms with Gasteiger partial charge >= 0.3 is 6.18 Å². The normalized spacial score (nSPS) is 17.7. The quantitative estimate of drug-likeness (QED) is 0.501. The minimum absolute atomic E-state index is 0.0867. The molecule has 3 rings (SSSR count). The third-order valence-electron chi connectivity index (χ3n) is 5.42. The van der Waals surface area contributed by atoms with Crippen LogP contribution in [-0.4, -0.2) is 43.0 Å². The molecular weight excluding hydrogens is 464 g/mol. The second-order valence-electron chi connectivity index (χ2n) is 7.70. The Bertz CT molecular complexity index is 1020. The number of benzene rings is 2. The number of rotatable bonds is 6. The van der Waals surface area contributed by atoms with E-state index in [1.54, 1.807) is 37.9 Å². The van der Waals surface area contributed by atoms with E-state index in [-0.39, 0.29) is 17.0 Å². The van der Waals surface area contributed by atoms with Crippen LogP contribution in [0.2, 0.25) is 5.02 Å². The summed E-state index contributed by atoms with van der Waals surface area (Å²) in [5.41, 5.74) is 0.236. The molecule has 0 aliphatic carbocycles. The van der Waals surface area contributed by atoms with Crippen LogP contribution >= 0.6 is 19.1 Å². The largest absolute Gasteiger partial charge is 0.417 e. The first-order valence-corrected chi connectivity index (χ1v) is 12.7. The molecule has 1 N–H and O–H groups in total. The average molecular weight is 489 g/mol. The van der Waals surface area contributed by atoms with Gasteiger partial charge in [-0.25, -0.2) is 4.67 Å². The zero-order valence-electron chi connectivity index (χ0n) is 17.8. The summed E-state index contributed by atoms with van der Waals surface area (Å²) in [4.78, 5) is 12.8. The standard InChI is InChI=1S/C22H25ClF3N2O3P/c1-3-31-32(2,30)28-11-9-18(10-12-28)27-21(29)17-6-4-5-15(13-17)16-7-8-20(23)19(14-16)22(24,25)26/h4-8,13-14,18H,3,9-12H2,1-2H3,(H,27,29). The number of carbonyl (C=O) groups is 1. The minimum atomic E-state index is -4.57. The summed E-state index contributed by atoms with van der Waals surface area (Å²) in [5.74, 6) is -0.306. The van der Waals surface area contributed by atoms with Gasteiger partial charge in [0.25, 0.3) is 13.4 Å². The molecule has 0 aromatic heterocycles. The van der Waals surface area contributed by atoms with E-state index < -0.39 is 19.3 Å². The molecule has 5 nitrogen and oxygen atoms in total. The predicted octanol–water partition coefficient (Wildman–Crippen LogP) is 6.08. The Morgan fingerprint density at radius 3 is 2.47 bits per heavy atom. The maximum atomic E-state index is 13.2. The summed E-state index contributed by atoms with van der Waals surface area (Å²) < 4.78 is 59.3. The Hall–Kier alpha value is -1.86. The zero-order chi connectivity index (χ0) is 23.5. The molecule has 174 valence electrons. The highest BCUT2D eigenvalue weighted by molar-refractivity contribution is 7.55. The maximum absolute atomic E-state index is 13.2. The van der Waals surface area contributed by atoms with Crippen molar-refractivity contribution >= 4 is 25.0 Å². The van der Waals surface area contributed by atoms with Crippen LogP contribution in [0.1, 0.15) is 35.7 Å². The zero-order valence-corrected chi connectivity index (χ0v) is 19.4. The van der Waals surface area contributed by atoms with Crippen LogP contribution in [0.4, 0.5) is 13.2 Å². The lowest BCUT2D eigenvalue weighted by molar-refractivity contribution is -0.137. The Morgan fingerprint density at radius 1 is 1.19 bits per heavy atom. The molecule has 0 radical (unpaired) electrons. The van der Waals surface area contributed by atoms with Gasteiger partial charge in [0.15, 0.2) is 0 Å². The SMILES string of the molecule is CCOP(C)(=O)N1CCC(NC(=O)c2cccc(-c3ccc(Cl)c(C(F)(F)F)c3)c2)CC1. The first kappa shape index (κ1) is 24.8. The number of hydrogen-bond acceptors (Lipinski definition) is 3. The van der Waals surface area contributed by atoms with Crippen molar-refractivity contribution in [2.24, 2.45) is 0 Å². The molecule has 2 aromatic rings. The third kappa shape index (κ3) is 5.93. The molecular formula is C22H25ClF3N2O3P. The van der Waals surface area contributed by atoms with Crippen molar-refractivity contribution in [1.29, 1.82) is 0 Å². The molecule has 1 amide bonds. The predicted molar refractivity (Wildman–Crippen MR) is 119 cm³/mol. The van der Waals surface area contributed by atoms with Crippen LogP contribution in [0.15, 0.2) is 42.5 Å². The molecule has 10 heteroatoms. The first-order valence-electron chi connectivity index (χ1n) is 10.3. The fraction of sp³-hybridized carbons (Fsp3) is 0.409. The molecule has 1 unspecified atom stereocenters. The highest BCUT2D eigenvalue weighted by Crippen LogP contribution is 2.48. The van der Waals surface area contributed by atoms with Crippen LogP contribution in [0.3, 0.4) is 0 Å². The van der Waals surface area contributed by atoms with Gasteiger partial charge in [0.2, 0.25) is 0 Å². The van der Waals surface area contributed by atoms with E-state index in [0.717, 1.165) is 6.07 Å². The minimum Gasteiger partial charge on any atom is -0.349 e. The molecule has 32 heavy (non-hydrogen) atoms. The number of alkyl halides is 3. The van der Waals surface area contributed by atoms with Crippen molar-refractivity contribution in [3.8, 4) is 11.1 Å². The number of piperidine rings is 1. The molecule has 0 spiro atoms. The lowest BCUT2D eigenvalue weighted by Crippen LogP contribution is -2.43. The number of hydrogen-bond donors (Lipinski definition) is 1. The number of carbonyl (C=O) groups excluding carboxylic acids is 1. The van der Waals surface area contributed by atoms with E-state index in [2.05, 4.69) is 5.32 Å². The van der Waals surface area contributed by atoms with Gasteiger partial charge in [-0.2, -0.15) is 13.2 Å². The molecule has 1 heterocycles. The molecule has 2 aromatic carbocycles. The van der Waals surface area contributed by atoms with Crippen molar-refractivity contribution in [2.75, 3.05) is 26.4 Å². The fourth-order valence-electron chi connectivity index (χ4n) is 3.73. The molecule has 1 aliphatic rings. The Kier molecular flexibility index (Phi) is 7.71. The Balaban J connectivity index is 1.69.